The highest BCUT2D eigenvalue weighted by atomic mass is 79.9. The Balaban J connectivity index is 1.95. The fourth-order valence-electron chi connectivity index (χ4n) is 4.03. The zero-order valence-corrected chi connectivity index (χ0v) is 18.8. The van der Waals surface area contributed by atoms with Crippen molar-refractivity contribution in [2.75, 3.05) is 6.54 Å². The molecule has 2 aliphatic rings. The number of hydrogen-bond donors (Lipinski definition) is 2. The number of hydrogen-bond acceptors (Lipinski definition) is 5. The molecule has 0 saturated heterocycles. The van der Waals surface area contributed by atoms with Crippen LogP contribution in [0.2, 0.25) is 5.02 Å². The summed E-state index contributed by atoms with van der Waals surface area (Å²) in [5, 5.41) is 13.8. The molecule has 2 unspecified atom stereocenters. The van der Waals surface area contributed by atoms with Crippen molar-refractivity contribution in [1.82, 2.24) is 14.8 Å². The first-order valence-electron chi connectivity index (χ1n) is 9.27. The quantitative estimate of drug-likeness (QED) is 0.579. The summed E-state index contributed by atoms with van der Waals surface area (Å²) in [6, 6.07) is 5.55. The lowest BCUT2D eigenvalue weighted by Gasteiger charge is -2.43. The molecule has 30 heavy (non-hydrogen) atoms. The minimum Gasteiger partial charge on any atom is -0.444 e. The number of carbonyl (C=O) groups is 1. The third kappa shape index (κ3) is 3.33. The first-order chi connectivity index (χ1) is 13.9. The number of halogens is 3. The van der Waals surface area contributed by atoms with Crippen LogP contribution in [0.4, 0.5) is 9.18 Å². The maximum atomic E-state index is 14.2. The molecule has 2 aromatic rings. The molecule has 1 aromatic heterocycles. The third-order valence-electron chi connectivity index (χ3n) is 5.11. The van der Waals surface area contributed by atoms with E-state index in [1.165, 1.54) is 27.7 Å². The summed E-state index contributed by atoms with van der Waals surface area (Å²) in [6.45, 7) is 5.34. The predicted octanol–water partition coefficient (Wildman–Crippen LogP) is 3.45. The van der Waals surface area contributed by atoms with Crippen LogP contribution in [-0.2, 0) is 16.9 Å². The molecular formula is C20H20BrClFN3O4. The Kier molecular flexibility index (Phi) is 5.00. The Morgan fingerprint density at radius 1 is 1.40 bits per heavy atom. The van der Waals surface area contributed by atoms with Crippen LogP contribution < -0.4 is 10.9 Å². The fourth-order valence-corrected chi connectivity index (χ4v) is 4.86. The smallest absolute Gasteiger partial charge is 0.410 e. The van der Waals surface area contributed by atoms with Crippen LogP contribution in [0.25, 0.3) is 0 Å². The van der Waals surface area contributed by atoms with Gasteiger partial charge in [0, 0.05) is 12.1 Å². The van der Waals surface area contributed by atoms with Crippen LogP contribution in [-0.4, -0.2) is 32.8 Å². The van der Waals surface area contributed by atoms with E-state index in [-0.39, 0.29) is 28.3 Å². The SMILES string of the molecule is CC(C)(C)OC(=O)N1Cc2ccc(F)cc2C2(C1)NC(O)c1c(Cl)cc(Br)c(=O)n12. The van der Waals surface area contributed by atoms with Gasteiger partial charge in [-0.1, -0.05) is 17.7 Å². The molecule has 160 valence electrons. The number of aliphatic hydroxyl groups excluding tert-OH is 1. The van der Waals surface area contributed by atoms with Gasteiger partial charge in [-0.2, -0.15) is 0 Å². The van der Waals surface area contributed by atoms with Crippen molar-refractivity contribution in [3.8, 4) is 0 Å². The standard InChI is InChI=1S/C20H20BrClFN3O4/c1-19(2,3)30-18(29)25-8-10-4-5-11(23)6-12(10)20(9-25)24-16(27)15-14(22)7-13(21)17(28)26(15)20/h4-7,16,24,27H,8-9H2,1-3H3. The molecule has 4 rings (SSSR count). The van der Waals surface area contributed by atoms with Crippen molar-refractivity contribution >= 4 is 33.6 Å². The number of aliphatic hydroxyl groups is 1. The second-order valence-corrected chi connectivity index (χ2v) is 9.67. The van der Waals surface area contributed by atoms with E-state index in [2.05, 4.69) is 21.2 Å². The summed E-state index contributed by atoms with van der Waals surface area (Å²) in [4.78, 5) is 27.4. The van der Waals surface area contributed by atoms with Crippen molar-refractivity contribution in [2.45, 2.75) is 44.8 Å². The highest BCUT2D eigenvalue weighted by molar-refractivity contribution is 9.10. The summed E-state index contributed by atoms with van der Waals surface area (Å²) >= 11 is 9.52. The highest BCUT2D eigenvalue weighted by Crippen LogP contribution is 2.42. The Hall–Kier alpha value is -1.94. The van der Waals surface area contributed by atoms with Gasteiger partial charge in [0.15, 0.2) is 0 Å². The molecule has 7 nitrogen and oxygen atoms in total. The van der Waals surface area contributed by atoms with Gasteiger partial charge in [0.2, 0.25) is 0 Å². The number of ether oxygens (including phenoxy) is 1. The van der Waals surface area contributed by atoms with E-state index in [4.69, 9.17) is 16.3 Å². The number of rotatable bonds is 0. The van der Waals surface area contributed by atoms with Crippen LogP contribution in [0, 0.1) is 5.82 Å². The summed E-state index contributed by atoms with van der Waals surface area (Å²) in [5.41, 5.74) is -1.42. The molecule has 1 spiro atoms. The number of nitrogens with zero attached hydrogens (tertiary/aromatic N) is 2. The number of benzene rings is 1. The Morgan fingerprint density at radius 3 is 2.77 bits per heavy atom. The molecule has 0 saturated carbocycles. The predicted molar refractivity (Wildman–Crippen MR) is 112 cm³/mol. The number of carbonyl (C=O) groups excluding carboxylic acids is 1. The van der Waals surface area contributed by atoms with Gasteiger partial charge in [-0.05, 0) is 60.5 Å². The van der Waals surface area contributed by atoms with Crippen molar-refractivity contribution in [3.05, 3.63) is 66.8 Å². The van der Waals surface area contributed by atoms with Crippen LogP contribution >= 0.6 is 27.5 Å². The molecule has 2 N–H and O–H groups in total. The van der Waals surface area contributed by atoms with E-state index >= 15 is 0 Å². The normalized spacial score (nSPS) is 22.8. The van der Waals surface area contributed by atoms with E-state index in [1.807, 2.05) is 0 Å². The van der Waals surface area contributed by atoms with Crippen molar-refractivity contribution in [2.24, 2.45) is 0 Å². The third-order valence-corrected chi connectivity index (χ3v) is 5.98. The summed E-state index contributed by atoms with van der Waals surface area (Å²) < 4.78 is 21.2. The van der Waals surface area contributed by atoms with E-state index in [0.717, 1.165) is 0 Å². The maximum Gasteiger partial charge on any atom is 0.410 e. The highest BCUT2D eigenvalue weighted by Gasteiger charge is 2.51. The molecule has 1 aromatic carbocycles. The second-order valence-electron chi connectivity index (χ2n) is 8.41. The lowest BCUT2D eigenvalue weighted by Crippen LogP contribution is -2.59. The number of pyridine rings is 1. The summed E-state index contributed by atoms with van der Waals surface area (Å²) in [5.74, 6) is -0.502. The van der Waals surface area contributed by atoms with Gasteiger partial charge >= 0.3 is 6.09 Å². The number of aromatic nitrogens is 1. The molecule has 10 heteroatoms. The van der Waals surface area contributed by atoms with E-state index < -0.39 is 35.0 Å². The average Bonchev–Trinajstić information content (AvgIpc) is 2.92. The molecule has 0 bridgehead atoms. The second kappa shape index (κ2) is 7.05. The number of amides is 1. The van der Waals surface area contributed by atoms with Crippen molar-refractivity contribution in [1.29, 1.82) is 0 Å². The van der Waals surface area contributed by atoms with Gasteiger partial charge in [-0.15, -0.1) is 0 Å². The van der Waals surface area contributed by atoms with Crippen LogP contribution in [0.3, 0.4) is 0 Å². The van der Waals surface area contributed by atoms with Crippen LogP contribution in [0.15, 0.2) is 33.5 Å². The molecule has 2 atom stereocenters. The lowest BCUT2D eigenvalue weighted by atomic mass is 9.89. The van der Waals surface area contributed by atoms with Gasteiger partial charge in [-0.3, -0.25) is 19.6 Å². The maximum absolute atomic E-state index is 14.2. The molecular weight excluding hydrogens is 481 g/mol. The Morgan fingerprint density at radius 2 is 2.10 bits per heavy atom. The van der Waals surface area contributed by atoms with E-state index in [0.29, 0.717) is 11.1 Å². The van der Waals surface area contributed by atoms with Crippen molar-refractivity contribution < 1.29 is 19.0 Å². The van der Waals surface area contributed by atoms with Gasteiger partial charge in [-0.25, -0.2) is 9.18 Å². The van der Waals surface area contributed by atoms with E-state index in [9.17, 15) is 19.1 Å². The average molecular weight is 501 g/mol. The largest absolute Gasteiger partial charge is 0.444 e. The van der Waals surface area contributed by atoms with Gasteiger partial charge in [0.25, 0.3) is 5.56 Å². The first-order valence-corrected chi connectivity index (χ1v) is 10.4. The molecule has 0 radical (unpaired) electrons. The summed E-state index contributed by atoms with van der Waals surface area (Å²) in [6.07, 6.45) is -1.89. The minimum absolute atomic E-state index is 0.0743. The Bertz CT molecular complexity index is 1120. The molecule has 3 heterocycles. The van der Waals surface area contributed by atoms with Gasteiger partial charge < -0.3 is 9.84 Å². The molecule has 0 fully saturated rings. The molecule has 2 aliphatic heterocycles. The monoisotopic (exact) mass is 499 g/mol. The molecule has 0 aliphatic carbocycles. The lowest BCUT2D eigenvalue weighted by molar-refractivity contribution is 0.00823. The van der Waals surface area contributed by atoms with Crippen LogP contribution in [0.5, 0.6) is 0 Å². The number of nitrogens with one attached hydrogen (secondary N) is 1. The summed E-state index contributed by atoms with van der Waals surface area (Å²) in [7, 11) is 0. The molecule has 1 amide bonds. The van der Waals surface area contributed by atoms with Gasteiger partial charge in [0.1, 0.15) is 23.3 Å². The first kappa shape index (κ1) is 21.3. The topological polar surface area (TPSA) is 83.8 Å². The Labute approximate surface area is 185 Å². The van der Waals surface area contributed by atoms with E-state index in [1.54, 1.807) is 26.8 Å². The van der Waals surface area contributed by atoms with Crippen LogP contribution in [0.1, 0.15) is 43.8 Å². The van der Waals surface area contributed by atoms with Gasteiger partial charge in [0.05, 0.1) is 21.7 Å². The minimum atomic E-state index is -1.42. The number of fused-ring (bicyclic) bond motifs is 4. The zero-order valence-electron chi connectivity index (χ0n) is 16.5. The van der Waals surface area contributed by atoms with Crippen molar-refractivity contribution in [3.63, 3.8) is 0 Å². The zero-order chi connectivity index (χ0) is 22.0. The fraction of sp³-hybridized carbons (Fsp3) is 0.400.